The molecular formula is C46H76N4O4+2. The molecule has 54 heavy (non-hydrogen) atoms. The van der Waals surface area contributed by atoms with Crippen LogP contribution in [0.25, 0.3) is 11.1 Å². The molecule has 0 N–H and O–H groups in total. The van der Waals surface area contributed by atoms with Crippen molar-refractivity contribution in [1.29, 1.82) is 0 Å². The van der Waals surface area contributed by atoms with Crippen molar-refractivity contribution in [1.82, 2.24) is 9.80 Å². The average Bonchev–Trinajstić information content (AvgIpc) is 3.12. The van der Waals surface area contributed by atoms with Crippen molar-refractivity contribution in [2.24, 2.45) is 0 Å². The van der Waals surface area contributed by atoms with Crippen LogP contribution in [0.15, 0.2) is 61.7 Å². The van der Waals surface area contributed by atoms with Gasteiger partial charge in [0, 0.05) is 31.7 Å². The third kappa shape index (κ3) is 16.8. The number of hydrogen-bond donors (Lipinski definition) is 0. The van der Waals surface area contributed by atoms with E-state index in [-0.39, 0.29) is 11.8 Å². The molecule has 2 rings (SSSR count). The molecule has 0 aliphatic carbocycles. The Bertz CT molecular complexity index is 1420. The van der Waals surface area contributed by atoms with Gasteiger partial charge in [-0.1, -0.05) is 77.7 Å². The number of hydrogen-bond acceptors (Lipinski definition) is 4. The lowest BCUT2D eigenvalue weighted by molar-refractivity contribution is -0.882. The summed E-state index contributed by atoms with van der Waals surface area (Å²) < 4.78 is 14.0. The molecule has 0 saturated heterocycles. The molecule has 2 aromatic rings. The van der Waals surface area contributed by atoms with Crippen LogP contribution >= 0.6 is 0 Å². The van der Waals surface area contributed by atoms with Crippen molar-refractivity contribution in [3.05, 3.63) is 72.8 Å². The van der Waals surface area contributed by atoms with E-state index < -0.39 is 0 Å². The number of nitrogens with zero attached hydrogens (tertiary/aromatic N) is 4. The van der Waals surface area contributed by atoms with Crippen molar-refractivity contribution < 1.29 is 28.0 Å². The Labute approximate surface area is 330 Å². The summed E-state index contributed by atoms with van der Waals surface area (Å²) in [6.45, 7) is 23.3. The van der Waals surface area contributed by atoms with E-state index in [4.69, 9.17) is 9.47 Å². The lowest BCUT2D eigenvalue weighted by atomic mass is 9.97. The Morgan fingerprint density at radius 1 is 0.630 bits per heavy atom. The number of ether oxygens (including phenoxy) is 2. The van der Waals surface area contributed by atoms with Crippen molar-refractivity contribution in [3.8, 4) is 22.6 Å². The quantitative estimate of drug-likeness (QED) is 0.0618. The lowest BCUT2D eigenvalue weighted by Crippen LogP contribution is -2.50. The monoisotopic (exact) mass is 749 g/mol. The summed E-state index contributed by atoms with van der Waals surface area (Å²) in [7, 11) is 8.44. The molecule has 0 fully saturated rings. The van der Waals surface area contributed by atoms with Gasteiger partial charge in [0.15, 0.2) is 13.1 Å². The summed E-state index contributed by atoms with van der Waals surface area (Å²) in [6.07, 6.45) is 13.7. The fraction of sp³-hybridized carbons (Fsp3) is 0.609. The molecule has 0 atom stereocenters. The molecule has 0 aliphatic rings. The largest absolute Gasteiger partial charge is 0.487 e. The van der Waals surface area contributed by atoms with E-state index in [9.17, 15) is 9.59 Å². The van der Waals surface area contributed by atoms with Crippen LogP contribution < -0.4 is 9.47 Å². The Morgan fingerprint density at radius 3 is 1.52 bits per heavy atom. The van der Waals surface area contributed by atoms with Crippen LogP contribution in [0.3, 0.4) is 0 Å². The van der Waals surface area contributed by atoms with Gasteiger partial charge in [-0.25, -0.2) is 0 Å². The van der Waals surface area contributed by atoms with Crippen LogP contribution in [-0.2, 0) is 22.4 Å². The normalized spacial score (nSPS) is 11.6. The Morgan fingerprint density at radius 2 is 1.07 bits per heavy atom. The highest BCUT2D eigenvalue weighted by Crippen LogP contribution is 2.35. The minimum atomic E-state index is 0.223. The summed E-state index contributed by atoms with van der Waals surface area (Å²) in [5.41, 5.74) is 4.29. The fourth-order valence-electron chi connectivity index (χ4n) is 6.44. The number of allylic oxidation sites excluding steroid dienone is 2. The first-order valence-electron chi connectivity index (χ1n) is 20.8. The average molecular weight is 749 g/mol. The summed E-state index contributed by atoms with van der Waals surface area (Å²) in [5, 5.41) is 0. The van der Waals surface area contributed by atoms with Crippen LogP contribution in [0.4, 0.5) is 0 Å². The molecule has 0 aromatic heterocycles. The molecule has 0 saturated carbocycles. The number of likely N-dealkylation sites (N-methyl/N-ethyl adjacent to an activating group) is 2. The highest BCUT2D eigenvalue weighted by atomic mass is 16.5. The molecule has 0 unspecified atom stereocenters. The van der Waals surface area contributed by atoms with Crippen LogP contribution in [-0.4, -0.2) is 124 Å². The topological polar surface area (TPSA) is 59.1 Å². The molecule has 0 bridgehead atoms. The third-order valence-corrected chi connectivity index (χ3v) is 10.0. The number of amides is 2. The molecule has 2 amide bonds. The van der Waals surface area contributed by atoms with Gasteiger partial charge >= 0.3 is 0 Å². The molecule has 0 aliphatic heterocycles. The number of rotatable bonds is 29. The van der Waals surface area contributed by atoms with Crippen molar-refractivity contribution >= 4 is 11.8 Å². The van der Waals surface area contributed by atoms with Crippen LogP contribution in [0, 0.1) is 0 Å². The molecule has 0 spiro atoms. The van der Waals surface area contributed by atoms with Gasteiger partial charge in [0.25, 0.3) is 11.8 Å². The third-order valence-electron chi connectivity index (χ3n) is 10.0. The van der Waals surface area contributed by atoms with Crippen LogP contribution in [0.1, 0.15) is 90.2 Å². The first kappa shape index (κ1) is 46.5. The number of carbonyl (C=O) groups excluding carboxylic acids is 2. The minimum Gasteiger partial charge on any atom is -0.487 e. The molecule has 2 aromatic carbocycles. The van der Waals surface area contributed by atoms with E-state index in [1.54, 1.807) is 0 Å². The van der Waals surface area contributed by atoms with Gasteiger partial charge in [-0.05, 0) is 79.5 Å². The number of benzene rings is 2. The minimum absolute atomic E-state index is 0.223. The number of quaternary nitrogens is 2. The zero-order chi connectivity index (χ0) is 40.0. The van der Waals surface area contributed by atoms with Gasteiger partial charge in [-0.2, -0.15) is 0 Å². The van der Waals surface area contributed by atoms with E-state index in [0.29, 0.717) is 54.8 Å². The highest BCUT2D eigenvalue weighted by molar-refractivity contribution is 5.78. The second-order valence-electron chi connectivity index (χ2n) is 16.1. The molecule has 302 valence electrons. The Balaban J connectivity index is 2.19. The summed E-state index contributed by atoms with van der Waals surface area (Å²) in [5.74, 6) is 2.09. The molecule has 0 heterocycles. The molecule has 8 heteroatoms. The van der Waals surface area contributed by atoms with Gasteiger partial charge in [-0.3, -0.25) is 9.59 Å². The first-order valence-corrected chi connectivity index (χ1v) is 20.8. The summed E-state index contributed by atoms with van der Waals surface area (Å²) >= 11 is 0. The molecule has 8 nitrogen and oxygen atoms in total. The standard InChI is InChI=1S/C46H76N4O4/c1-11-17-27-47(28-18-12-2)45(51)37-49(7,8)31-33-53-43-26-24-40(36-41(43)22-16-6)42-35-39(21-15-5)23-25-44(42)54-34-32-50(9,10)38-46(52)48(29-19-13-3)30-20-14-4/h15-16,23-26,35-36H,5-6,11-14,17-22,27-34,37-38H2,1-4,7-10H3/q+2. The molecule has 0 radical (unpaired) electrons. The highest BCUT2D eigenvalue weighted by Gasteiger charge is 2.26. The summed E-state index contributed by atoms with van der Waals surface area (Å²) in [6, 6.07) is 12.7. The van der Waals surface area contributed by atoms with Crippen LogP contribution in [0.2, 0.25) is 0 Å². The van der Waals surface area contributed by atoms with E-state index >= 15 is 0 Å². The van der Waals surface area contributed by atoms with E-state index in [1.165, 1.54) is 0 Å². The predicted octanol–water partition coefficient (Wildman–Crippen LogP) is 8.58. The Kier molecular flexibility index (Phi) is 21.3. The smallest absolute Gasteiger partial charge is 0.277 e. The van der Waals surface area contributed by atoms with Gasteiger partial charge in [0.1, 0.15) is 37.8 Å². The van der Waals surface area contributed by atoms with Gasteiger partial charge in [0.05, 0.1) is 28.2 Å². The van der Waals surface area contributed by atoms with E-state index in [2.05, 4.69) is 115 Å². The maximum Gasteiger partial charge on any atom is 0.277 e. The van der Waals surface area contributed by atoms with Crippen molar-refractivity contribution in [3.63, 3.8) is 0 Å². The second-order valence-corrected chi connectivity index (χ2v) is 16.1. The van der Waals surface area contributed by atoms with Crippen molar-refractivity contribution in [2.75, 3.05) is 93.8 Å². The zero-order valence-electron chi connectivity index (χ0n) is 35.6. The maximum absolute atomic E-state index is 13.3. The predicted molar refractivity (Wildman–Crippen MR) is 227 cm³/mol. The number of unbranched alkanes of at least 4 members (excludes halogenated alkanes) is 4. The van der Waals surface area contributed by atoms with E-state index in [1.807, 2.05) is 12.2 Å². The maximum atomic E-state index is 13.3. The van der Waals surface area contributed by atoms with Gasteiger partial charge in [-0.15, -0.1) is 13.2 Å². The molecular weight excluding hydrogens is 673 g/mol. The number of carbonyl (C=O) groups is 2. The second kappa shape index (κ2) is 24.7. The van der Waals surface area contributed by atoms with E-state index in [0.717, 1.165) is 118 Å². The van der Waals surface area contributed by atoms with Crippen molar-refractivity contribution in [2.45, 2.75) is 91.9 Å². The van der Waals surface area contributed by atoms with Gasteiger partial charge in [0.2, 0.25) is 0 Å². The van der Waals surface area contributed by atoms with Crippen LogP contribution in [0.5, 0.6) is 11.5 Å². The Hall–Kier alpha value is -3.62. The SMILES string of the molecule is C=CCc1ccc(OCC[N+](C)(C)CC(=O)N(CCCC)CCCC)c(-c2ccc(OCC[N+](C)(C)CC(=O)N(CCCC)CCCC)c(CC=C)c2)c1. The van der Waals surface area contributed by atoms with Gasteiger partial charge < -0.3 is 28.2 Å². The summed E-state index contributed by atoms with van der Waals surface area (Å²) in [4.78, 5) is 30.7. The lowest BCUT2D eigenvalue weighted by Gasteiger charge is -2.32. The first-order chi connectivity index (χ1) is 25.8. The fourth-order valence-corrected chi connectivity index (χ4v) is 6.44. The zero-order valence-corrected chi connectivity index (χ0v) is 35.6.